The number of aromatic nitrogens is 4. The molecule has 0 atom stereocenters. The van der Waals surface area contributed by atoms with Gasteiger partial charge in [0.2, 0.25) is 4.96 Å². The minimum absolute atomic E-state index is 0.640. The Hall–Kier alpha value is -3.45. The Balaban J connectivity index is 1.65. The Bertz CT molecular complexity index is 1300. The topological polar surface area (TPSA) is 61.5 Å². The minimum Gasteiger partial charge on any atom is -0.493 e. The molecule has 5 rings (SSSR count). The summed E-state index contributed by atoms with van der Waals surface area (Å²) < 4.78 is 12.5. The Kier molecular flexibility index (Phi) is 3.95. The van der Waals surface area contributed by atoms with Crippen LogP contribution in [0.3, 0.4) is 0 Å². The van der Waals surface area contributed by atoms with Crippen LogP contribution in [0.4, 0.5) is 0 Å². The van der Waals surface area contributed by atoms with Crippen molar-refractivity contribution in [2.75, 3.05) is 14.2 Å². The molecule has 28 heavy (non-hydrogen) atoms. The van der Waals surface area contributed by atoms with Crippen LogP contribution >= 0.6 is 11.3 Å². The Morgan fingerprint density at radius 2 is 1.68 bits per heavy atom. The van der Waals surface area contributed by atoms with Gasteiger partial charge < -0.3 is 9.47 Å². The predicted molar refractivity (Wildman–Crippen MR) is 110 cm³/mol. The molecule has 0 unspecified atom stereocenters. The number of hydrogen-bond donors (Lipinski definition) is 0. The highest BCUT2D eigenvalue weighted by atomic mass is 32.1. The quantitative estimate of drug-likeness (QED) is 0.447. The van der Waals surface area contributed by atoms with Gasteiger partial charge in [0.15, 0.2) is 17.3 Å². The molecule has 0 aliphatic heterocycles. The normalized spacial score (nSPS) is 11.2. The summed E-state index contributed by atoms with van der Waals surface area (Å²) in [5.74, 6) is 1.97. The largest absolute Gasteiger partial charge is 0.493 e. The number of ether oxygens (including phenoxy) is 2. The zero-order valence-electron chi connectivity index (χ0n) is 15.3. The number of methoxy groups -OCH3 is 2. The highest BCUT2D eigenvalue weighted by Crippen LogP contribution is 2.35. The third-order valence-electron chi connectivity index (χ3n) is 4.65. The molecule has 0 N–H and O–H groups in total. The first-order valence-corrected chi connectivity index (χ1v) is 9.53. The number of nitrogens with zero attached hydrogens (tertiary/aromatic N) is 4. The van der Waals surface area contributed by atoms with Gasteiger partial charge in [0.25, 0.3) is 0 Å². The van der Waals surface area contributed by atoms with Crippen LogP contribution < -0.4 is 9.47 Å². The fourth-order valence-corrected chi connectivity index (χ4v) is 4.17. The maximum atomic E-state index is 5.41. The fraction of sp³-hybridized carbons (Fsp3) is 0.0952. The maximum absolute atomic E-state index is 5.41. The van der Waals surface area contributed by atoms with E-state index in [9.17, 15) is 0 Å². The average Bonchev–Trinajstić information content (AvgIpc) is 3.33. The molecule has 138 valence electrons. The van der Waals surface area contributed by atoms with Gasteiger partial charge in [-0.25, -0.2) is 0 Å². The molecule has 2 aromatic heterocycles. The van der Waals surface area contributed by atoms with E-state index < -0.39 is 0 Å². The summed E-state index contributed by atoms with van der Waals surface area (Å²) in [5, 5.41) is 16.7. The van der Waals surface area contributed by atoms with Crippen molar-refractivity contribution in [2.45, 2.75) is 0 Å². The van der Waals surface area contributed by atoms with E-state index in [1.807, 2.05) is 30.3 Å². The monoisotopic (exact) mass is 388 g/mol. The minimum atomic E-state index is 0.640. The van der Waals surface area contributed by atoms with E-state index >= 15 is 0 Å². The molecule has 0 aliphatic carbocycles. The summed E-state index contributed by atoms with van der Waals surface area (Å²) >= 11 is 1.52. The molecule has 5 aromatic rings. The van der Waals surface area contributed by atoms with Crippen molar-refractivity contribution in [1.82, 2.24) is 19.8 Å². The molecule has 0 aliphatic rings. The summed E-state index contributed by atoms with van der Waals surface area (Å²) in [6.07, 6.45) is 0. The van der Waals surface area contributed by atoms with E-state index in [0.29, 0.717) is 17.3 Å². The lowest BCUT2D eigenvalue weighted by Crippen LogP contribution is -1.94. The second kappa shape index (κ2) is 6.61. The molecule has 7 heteroatoms. The first-order valence-electron chi connectivity index (χ1n) is 8.71. The number of hydrogen-bond acceptors (Lipinski definition) is 6. The SMILES string of the molecule is COc1ccc(-c2nnc3sc(-c4cccc5ccccc45)nn23)cc1OC. The first-order chi connectivity index (χ1) is 13.8. The summed E-state index contributed by atoms with van der Waals surface area (Å²) in [4.78, 5) is 0.743. The molecule has 2 heterocycles. The molecule has 0 radical (unpaired) electrons. The van der Waals surface area contributed by atoms with Gasteiger partial charge in [0.05, 0.1) is 14.2 Å². The lowest BCUT2D eigenvalue weighted by molar-refractivity contribution is 0.355. The van der Waals surface area contributed by atoms with Gasteiger partial charge in [-0.3, -0.25) is 0 Å². The third-order valence-corrected chi connectivity index (χ3v) is 5.58. The third kappa shape index (κ3) is 2.59. The molecule has 0 saturated carbocycles. The second-order valence-electron chi connectivity index (χ2n) is 6.22. The van der Waals surface area contributed by atoms with Crippen LogP contribution in [0.5, 0.6) is 11.5 Å². The maximum Gasteiger partial charge on any atom is 0.235 e. The van der Waals surface area contributed by atoms with Crippen molar-refractivity contribution >= 4 is 27.1 Å². The average molecular weight is 388 g/mol. The van der Waals surface area contributed by atoms with Crippen LogP contribution in [-0.4, -0.2) is 34.0 Å². The Morgan fingerprint density at radius 1 is 0.857 bits per heavy atom. The molecule has 6 nitrogen and oxygen atoms in total. The van der Waals surface area contributed by atoms with Crippen LogP contribution in [-0.2, 0) is 0 Å². The molecule has 0 fully saturated rings. The van der Waals surface area contributed by atoms with Crippen LogP contribution in [0.15, 0.2) is 60.7 Å². The van der Waals surface area contributed by atoms with Gasteiger partial charge in [-0.1, -0.05) is 53.8 Å². The van der Waals surface area contributed by atoms with Gasteiger partial charge >= 0.3 is 0 Å². The smallest absolute Gasteiger partial charge is 0.235 e. The molecule has 0 amide bonds. The van der Waals surface area contributed by atoms with E-state index in [-0.39, 0.29) is 0 Å². The summed E-state index contributed by atoms with van der Waals surface area (Å²) in [7, 11) is 3.23. The second-order valence-corrected chi connectivity index (χ2v) is 7.18. The Labute approximate surface area is 165 Å². The highest BCUT2D eigenvalue weighted by Gasteiger charge is 2.17. The summed E-state index contributed by atoms with van der Waals surface area (Å²) in [6.45, 7) is 0. The van der Waals surface area contributed by atoms with E-state index in [1.165, 1.54) is 22.1 Å². The number of fused-ring (bicyclic) bond motifs is 2. The molecular formula is C21H16N4O2S. The van der Waals surface area contributed by atoms with E-state index in [4.69, 9.17) is 14.6 Å². The van der Waals surface area contributed by atoms with Gasteiger partial charge in [-0.05, 0) is 29.0 Å². The Morgan fingerprint density at radius 3 is 2.54 bits per heavy atom. The number of rotatable bonds is 4. The van der Waals surface area contributed by atoms with E-state index in [0.717, 1.165) is 21.1 Å². The van der Waals surface area contributed by atoms with E-state index in [2.05, 4.69) is 40.5 Å². The molecule has 0 bridgehead atoms. The fourth-order valence-electron chi connectivity index (χ4n) is 3.29. The number of benzene rings is 3. The van der Waals surface area contributed by atoms with Crippen molar-refractivity contribution < 1.29 is 9.47 Å². The zero-order chi connectivity index (χ0) is 19.1. The zero-order valence-corrected chi connectivity index (χ0v) is 16.1. The van der Waals surface area contributed by atoms with Crippen LogP contribution in [0.1, 0.15) is 0 Å². The van der Waals surface area contributed by atoms with E-state index in [1.54, 1.807) is 18.7 Å². The predicted octanol–water partition coefficient (Wildman–Crippen LogP) is 4.69. The highest BCUT2D eigenvalue weighted by molar-refractivity contribution is 7.20. The van der Waals surface area contributed by atoms with Crippen LogP contribution in [0.25, 0.3) is 37.7 Å². The molecule has 0 saturated heterocycles. The van der Waals surface area contributed by atoms with Crippen molar-refractivity contribution in [3.05, 3.63) is 60.7 Å². The first kappa shape index (κ1) is 16.7. The molecule has 3 aromatic carbocycles. The van der Waals surface area contributed by atoms with Crippen LogP contribution in [0, 0.1) is 0 Å². The van der Waals surface area contributed by atoms with Crippen molar-refractivity contribution in [3.63, 3.8) is 0 Å². The lowest BCUT2D eigenvalue weighted by atomic mass is 10.1. The van der Waals surface area contributed by atoms with Gasteiger partial charge in [0.1, 0.15) is 5.01 Å². The van der Waals surface area contributed by atoms with Gasteiger partial charge in [-0.15, -0.1) is 10.2 Å². The van der Waals surface area contributed by atoms with Crippen LogP contribution in [0.2, 0.25) is 0 Å². The summed E-state index contributed by atoms with van der Waals surface area (Å²) in [6, 6.07) is 20.2. The lowest BCUT2D eigenvalue weighted by Gasteiger charge is -2.08. The van der Waals surface area contributed by atoms with Crippen molar-refractivity contribution in [2.24, 2.45) is 0 Å². The standard InChI is InChI=1S/C21H16N4O2S/c1-26-17-11-10-14(12-18(17)27-2)19-22-23-21-25(19)24-20(28-21)16-9-5-7-13-6-3-4-8-15(13)16/h3-12H,1-2H3. The van der Waals surface area contributed by atoms with Gasteiger partial charge in [0, 0.05) is 11.1 Å². The van der Waals surface area contributed by atoms with Gasteiger partial charge in [-0.2, -0.15) is 9.61 Å². The molecular weight excluding hydrogens is 372 g/mol. The van der Waals surface area contributed by atoms with Crippen molar-refractivity contribution in [3.8, 4) is 33.5 Å². The summed E-state index contributed by atoms with van der Waals surface area (Å²) in [5.41, 5.74) is 1.95. The van der Waals surface area contributed by atoms with Crippen molar-refractivity contribution in [1.29, 1.82) is 0 Å². The molecule has 0 spiro atoms.